The molecule has 1 aliphatic rings. The Hall–Kier alpha value is -2.31. The Morgan fingerprint density at radius 3 is 2.80 bits per heavy atom. The van der Waals surface area contributed by atoms with E-state index in [9.17, 15) is 14.9 Å². The fraction of sp³-hybridized carbons (Fsp3) is 0.462. The summed E-state index contributed by atoms with van der Waals surface area (Å²) in [5, 5.41) is 16.6. The van der Waals surface area contributed by atoms with Crippen LogP contribution in [-0.2, 0) is 4.79 Å². The van der Waals surface area contributed by atoms with E-state index in [4.69, 9.17) is 4.74 Å². The second-order valence-electron chi connectivity index (χ2n) is 4.60. The summed E-state index contributed by atoms with van der Waals surface area (Å²) in [5.74, 6) is 0.295. The summed E-state index contributed by atoms with van der Waals surface area (Å²) < 4.78 is 5.27. The number of carbonyl (C=O) groups is 1. The fourth-order valence-electron chi connectivity index (χ4n) is 1.73. The average molecular weight is 279 g/mol. The quantitative estimate of drug-likeness (QED) is 0.585. The molecule has 0 radical (unpaired) electrons. The van der Waals surface area contributed by atoms with Crippen LogP contribution in [0.4, 0.5) is 11.4 Å². The zero-order valence-electron chi connectivity index (χ0n) is 11.2. The molecule has 1 saturated carbocycles. The van der Waals surface area contributed by atoms with E-state index < -0.39 is 4.92 Å². The molecule has 2 N–H and O–H groups in total. The van der Waals surface area contributed by atoms with Crippen molar-refractivity contribution in [2.75, 3.05) is 18.5 Å². The number of rotatable bonds is 7. The van der Waals surface area contributed by atoms with Crippen molar-refractivity contribution >= 4 is 17.3 Å². The summed E-state index contributed by atoms with van der Waals surface area (Å²) in [4.78, 5) is 21.9. The van der Waals surface area contributed by atoms with Crippen molar-refractivity contribution in [1.82, 2.24) is 5.32 Å². The van der Waals surface area contributed by atoms with Gasteiger partial charge in [0, 0.05) is 23.9 Å². The molecule has 7 nitrogen and oxygen atoms in total. The van der Waals surface area contributed by atoms with Crippen LogP contribution in [0.2, 0.25) is 0 Å². The van der Waals surface area contributed by atoms with Crippen molar-refractivity contribution in [3.8, 4) is 5.75 Å². The second-order valence-corrected chi connectivity index (χ2v) is 4.60. The lowest BCUT2D eigenvalue weighted by atomic mass is 10.2. The van der Waals surface area contributed by atoms with Gasteiger partial charge in [0.15, 0.2) is 0 Å². The van der Waals surface area contributed by atoms with Crippen LogP contribution in [0.5, 0.6) is 5.75 Å². The van der Waals surface area contributed by atoms with E-state index in [0.29, 0.717) is 24.1 Å². The molecular formula is C13H17N3O4. The van der Waals surface area contributed by atoms with E-state index in [1.54, 1.807) is 13.0 Å². The van der Waals surface area contributed by atoms with Crippen molar-refractivity contribution in [2.45, 2.75) is 25.8 Å². The number of nitrogens with one attached hydrogen (secondary N) is 2. The van der Waals surface area contributed by atoms with Crippen LogP contribution in [-0.4, -0.2) is 30.0 Å². The highest BCUT2D eigenvalue weighted by Crippen LogP contribution is 2.26. The number of benzene rings is 1. The van der Waals surface area contributed by atoms with Gasteiger partial charge in [-0.1, -0.05) is 0 Å². The van der Waals surface area contributed by atoms with Gasteiger partial charge >= 0.3 is 0 Å². The van der Waals surface area contributed by atoms with E-state index >= 15 is 0 Å². The molecule has 0 unspecified atom stereocenters. The van der Waals surface area contributed by atoms with Crippen molar-refractivity contribution in [1.29, 1.82) is 0 Å². The minimum Gasteiger partial charge on any atom is -0.494 e. The summed E-state index contributed by atoms with van der Waals surface area (Å²) in [5.41, 5.74) is 0.426. The summed E-state index contributed by atoms with van der Waals surface area (Å²) in [6, 6.07) is 4.68. The van der Waals surface area contributed by atoms with Gasteiger partial charge in [-0.15, -0.1) is 0 Å². The minimum absolute atomic E-state index is 0.0685. The van der Waals surface area contributed by atoms with Crippen LogP contribution >= 0.6 is 0 Å². The number of nitro groups is 1. The Labute approximate surface area is 116 Å². The lowest BCUT2D eigenvalue weighted by Gasteiger charge is -2.09. The maximum Gasteiger partial charge on any atom is 0.275 e. The maximum atomic E-state index is 11.6. The molecule has 1 fully saturated rings. The zero-order chi connectivity index (χ0) is 14.5. The first-order valence-corrected chi connectivity index (χ1v) is 6.54. The maximum absolute atomic E-state index is 11.6. The van der Waals surface area contributed by atoms with Crippen LogP contribution in [0.15, 0.2) is 18.2 Å². The van der Waals surface area contributed by atoms with Crippen molar-refractivity contribution in [3.05, 3.63) is 28.3 Å². The molecule has 0 heterocycles. The third kappa shape index (κ3) is 4.11. The van der Waals surface area contributed by atoms with E-state index in [2.05, 4.69) is 10.6 Å². The van der Waals surface area contributed by atoms with Crippen LogP contribution in [0.3, 0.4) is 0 Å². The van der Waals surface area contributed by atoms with Gasteiger partial charge < -0.3 is 15.4 Å². The number of nitrogens with zero attached hydrogens (tertiary/aromatic N) is 1. The number of hydrogen-bond acceptors (Lipinski definition) is 5. The number of carbonyl (C=O) groups excluding carboxylic acids is 1. The first-order chi connectivity index (χ1) is 9.58. The van der Waals surface area contributed by atoms with Gasteiger partial charge in [-0.05, 0) is 19.8 Å². The molecule has 1 aromatic carbocycles. The van der Waals surface area contributed by atoms with Gasteiger partial charge in [0.2, 0.25) is 5.91 Å². The zero-order valence-corrected chi connectivity index (χ0v) is 11.2. The van der Waals surface area contributed by atoms with Crippen LogP contribution in [0.1, 0.15) is 19.8 Å². The largest absolute Gasteiger partial charge is 0.494 e. The normalized spacial score (nSPS) is 13.7. The van der Waals surface area contributed by atoms with E-state index in [1.807, 2.05) is 0 Å². The molecule has 0 spiro atoms. The molecule has 0 saturated heterocycles. The Kier molecular flexibility index (Phi) is 4.39. The Balaban J connectivity index is 2.00. The first kappa shape index (κ1) is 14.1. The van der Waals surface area contributed by atoms with Gasteiger partial charge in [-0.3, -0.25) is 14.9 Å². The highest BCUT2D eigenvalue weighted by Gasteiger charge is 2.23. The number of anilines is 1. The van der Waals surface area contributed by atoms with Crippen LogP contribution in [0.25, 0.3) is 0 Å². The highest BCUT2D eigenvalue weighted by atomic mass is 16.6. The summed E-state index contributed by atoms with van der Waals surface area (Å²) in [7, 11) is 0. The SMILES string of the molecule is CCOc1cc(NCC(=O)NC2CC2)cc([N+](=O)[O-])c1. The molecule has 2 rings (SSSR count). The minimum atomic E-state index is -0.488. The van der Waals surface area contributed by atoms with Gasteiger partial charge in [-0.2, -0.15) is 0 Å². The van der Waals surface area contributed by atoms with Crippen molar-refractivity contribution < 1.29 is 14.5 Å². The molecule has 1 amide bonds. The molecule has 0 aromatic heterocycles. The molecule has 0 aliphatic heterocycles. The van der Waals surface area contributed by atoms with E-state index in [0.717, 1.165) is 12.8 Å². The van der Waals surface area contributed by atoms with Gasteiger partial charge in [0.25, 0.3) is 5.69 Å². The van der Waals surface area contributed by atoms with Gasteiger partial charge in [0.05, 0.1) is 24.1 Å². The number of amides is 1. The third-order valence-electron chi connectivity index (χ3n) is 2.81. The molecule has 0 atom stereocenters. The van der Waals surface area contributed by atoms with Crippen LogP contribution < -0.4 is 15.4 Å². The Morgan fingerprint density at radius 1 is 1.45 bits per heavy atom. The molecule has 7 heteroatoms. The van der Waals surface area contributed by atoms with Gasteiger partial charge in [0.1, 0.15) is 5.75 Å². The van der Waals surface area contributed by atoms with Crippen molar-refractivity contribution in [3.63, 3.8) is 0 Å². The lowest BCUT2D eigenvalue weighted by molar-refractivity contribution is -0.384. The number of ether oxygens (including phenoxy) is 1. The topological polar surface area (TPSA) is 93.5 Å². The molecule has 1 aromatic rings. The summed E-state index contributed by atoms with van der Waals surface area (Å²) >= 11 is 0. The Morgan fingerprint density at radius 2 is 2.20 bits per heavy atom. The lowest BCUT2D eigenvalue weighted by Crippen LogP contribution is -2.31. The second kappa shape index (κ2) is 6.23. The van der Waals surface area contributed by atoms with E-state index in [-0.39, 0.29) is 18.1 Å². The molecular weight excluding hydrogens is 262 g/mol. The molecule has 108 valence electrons. The fourth-order valence-corrected chi connectivity index (χ4v) is 1.73. The number of nitro benzene ring substituents is 1. The first-order valence-electron chi connectivity index (χ1n) is 6.54. The van der Waals surface area contributed by atoms with Gasteiger partial charge in [-0.25, -0.2) is 0 Å². The van der Waals surface area contributed by atoms with Crippen molar-refractivity contribution in [2.24, 2.45) is 0 Å². The predicted molar refractivity (Wildman–Crippen MR) is 73.9 cm³/mol. The van der Waals surface area contributed by atoms with Crippen LogP contribution in [0, 0.1) is 10.1 Å². The molecule has 20 heavy (non-hydrogen) atoms. The summed E-state index contributed by atoms with van der Waals surface area (Å²) in [6.45, 7) is 2.31. The Bertz CT molecular complexity index is 514. The standard InChI is InChI=1S/C13H17N3O4/c1-2-20-12-6-10(5-11(7-12)16(18)19)14-8-13(17)15-9-3-4-9/h5-7,9,14H,2-4,8H2,1H3,(H,15,17). The highest BCUT2D eigenvalue weighted by molar-refractivity contribution is 5.81. The monoisotopic (exact) mass is 279 g/mol. The smallest absolute Gasteiger partial charge is 0.275 e. The molecule has 1 aliphatic carbocycles. The number of non-ortho nitro benzene ring substituents is 1. The summed E-state index contributed by atoms with van der Waals surface area (Å²) in [6.07, 6.45) is 2.05. The molecule has 0 bridgehead atoms. The predicted octanol–water partition coefficient (Wildman–Crippen LogP) is 1.68. The average Bonchev–Trinajstić information content (AvgIpc) is 3.20. The third-order valence-corrected chi connectivity index (χ3v) is 2.81. The number of hydrogen-bond donors (Lipinski definition) is 2. The van der Waals surface area contributed by atoms with E-state index in [1.165, 1.54) is 12.1 Å².